The molecule has 0 fully saturated rings. The van der Waals surface area contributed by atoms with Gasteiger partial charge in [0.05, 0.1) is 17.1 Å². The van der Waals surface area contributed by atoms with Crippen molar-refractivity contribution < 1.29 is 0 Å². The number of fused-ring (bicyclic) bond motifs is 1. The molecule has 0 aliphatic carbocycles. The van der Waals surface area contributed by atoms with E-state index in [4.69, 9.17) is 5.73 Å². The van der Waals surface area contributed by atoms with E-state index in [1.165, 1.54) is 5.52 Å². The summed E-state index contributed by atoms with van der Waals surface area (Å²) in [5.74, 6) is 1.04. The van der Waals surface area contributed by atoms with Crippen LogP contribution in [0.3, 0.4) is 0 Å². The van der Waals surface area contributed by atoms with Crippen LogP contribution in [0.5, 0.6) is 0 Å². The number of aryl methyl sites for hydroxylation is 1. The summed E-state index contributed by atoms with van der Waals surface area (Å²) in [5.41, 5.74) is 8.31. The van der Waals surface area contributed by atoms with Gasteiger partial charge in [-0.2, -0.15) is 0 Å². The summed E-state index contributed by atoms with van der Waals surface area (Å²) in [4.78, 5) is 4.60. The molecular formula is C14H21N3. The first-order valence-electron chi connectivity index (χ1n) is 6.09. The molecule has 2 rings (SSSR count). The van der Waals surface area contributed by atoms with Gasteiger partial charge in [0.1, 0.15) is 5.82 Å². The lowest BCUT2D eigenvalue weighted by atomic mass is 9.86. The minimum atomic E-state index is 0.128. The number of para-hydroxylation sites is 2. The molecule has 2 aromatic rings. The number of aromatic nitrogens is 2. The molecule has 1 unspecified atom stereocenters. The van der Waals surface area contributed by atoms with E-state index in [2.05, 4.69) is 55.4 Å². The second kappa shape index (κ2) is 4.15. The van der Waals surface area contributed by atoms with Gasteiger partial charge in [-0.1, -0.05) is 32.9 Å². The van der Waals surface area contributed by atoms with Crippen LogP contribution in [0.2, 0.25) is 0 Å². The van der Waals surface area contributed by atoms with Crippen LogP contribution < -0.4 is 5.73 Å². The summed E-state index contributed by atoms with van der Waals surface area (Å²) in [6.07, 6.45) is 0. The molecular weight excluding hydrogens is 210 g/mol. The lowest BCUT2D eigenvalue weighted by Crippen LogP contribution is -2.31. The Morgan fingerprint density at radius 1 is 1.29 bits per heavy atom. The second-order valence-electron chi connectivity index (χ2n) is 5.64. The Kier molecular flexibility index (Phi) is 2.96. The van der Waals surface area contributed by atoms with Crippen molar-refractivity contribution in [2.45, 2.75) is 33.7 Å². The summed E-state index contributed by atoms with van der Waals surface area (Å²) < 4.78 is 2.27. The van der Waals surface area contributed by atoms with E-state index in [1.54, 1.807) is 0 Å². The third-order valence-corrected chi connectivity index (χ3v) is 3.31. The predicted octanol–water partition coefficient (Wildman–Crippen LogP) is 2.89. The zero-order valence-corrected chi connectivity index (χ0v) is 11.1. The number of hydrogen-bond donors (Lipinski definition) is 1. The molecule has 0 bridgehead atoms. The Morgan fingerprint density at radius 3 is 2.53 bits per heavy atom. The Morgan fingerprint density at radius 2 is 1.94 bits per heavy atom. The molecule has 1 aromatic carbocycles. The number of nitrogens with two attached hydrogens (primary N) is 1. The van der Waals surface area contributed by atoms with Crippen LogP contribution in [-0.2, 0) is 0 Å². The SMILES string of the molecule is Cc1nc2ccccc2n1C(CN)C(C)(C)C. The van der Waals surface area contributed by atoms with E-state index in [-0.39, 0.29) is 11.5 Å². The van der Waals surface area contributed by atoms with Gasteiger partial charge in [-0.25, -0.2) is 4.98 Å². The monoisotopic (exact) mass is 231 g/mol. The summed E-state index contributed by atoms with van der Waals surface area (Å²) >= 11 is 0. The number of hydrogen-bond acceptors (Lipinski definition) is 2. The predicted molar refractivity (Wildman–Crippen MR) is 72.0 cm³/mol. The Balaban J connectivity index is 2.65. The van der Waals surface area contributed by atoms with Crippen molar-refractivity contribution in [3.05, 3.63) is 30.1 Å². The van der Waals surface area contributed by atoms with Gasteiger partial charge in [0.25, 0.3) is 0 Å². The summed E-state index contributed by atoms with van der Waals surface area (Å²) in [5, 5.41) is 0. The van der Waals surface area contributed by atoms with Crippen LogP contribution in [0.15, 0.2) is 24.3 Å². The molecule has 0 saturated carbocycles. The number of nitrogens with zero attached hydrogens (tertiary/aromatic N) is 2. The fraction of sp³-hybridized carbons (Fsp3) is 0.500. The molecule has 0 aliphatic rings. The van der Waals surface area contributed by atoms with E-state index in [0.29, 0.717) is 6.54 Å². The fourth-order valence-corrected chi connectivity index (χ4v) is 2.40. The van der Waals surface area contributed by atoms with Crippen molar-refractivity contribution >= 4 is 11.0 Å². The first-order chi connectivity index (χ1) is 7.95. The summed E-state index contributed by atoms with van der Waals surface area (Å²) in [6.45, 7) is 9.34. The smallest absolute Gasteiger partial charge is 0.107 e. The summed E-state index contributed by atoms with van der Waals surface area (Å²) in [6, 6.07) is 8.51. The lowest BCUT2D eigenvalue weighted by Gasteiger charge is -2.32. The van der Waals surface area contributed by atoms with Crippen LogP contribution in [0.4, 0.5) is 0 Å². The summed E-state index contributed by atoms with van der Waals surface area (Å²) in [7, 11) is 0. The highest BCUT2D eigenvalue weighted by molar-refractivity contribution is 5.76. The van der Waals surface area contributed by atoms with Crippen molar-refractivity contribution in [1.29, 1.82) is 0 Å². The van der Waals surface area contributed by atoms with Gasteiger partial charge in [-0.15, -0.1) is 0 Å². The molecule has 0 spiro atoms. The largest absolute Gasteiger partial charge is 0.328 e. The second-order valence-corrected chi connectivity index (χ2v) is 5.64. The quantitative estimate of drug-likeness (QED) is 0.863. The average molecular weight is 231 g/mol. The van der Waals surface area contributed by atoms with Gasteiger partial charge in [0, 0.05) is 6.54 Å². The van der Waals surface area contributed by atoms with Gasteiger partial charge in [-0.3, -0.25) is 0 Å². The molecule has 3 nitrogen and oxygen atoms in total. The van der Waals surface area contributed by atoms with Crippen molar-refractivity contribution in [2.75, 3.05) is 6.54 Å². The van der Waals surface area contributed by atoms with Crippen molar-refractivity contribution in [1.82, 2.24) is 9.55 Å². The van der Waals surface area contributed by atoms with E-state index >= 15 is 0 Å². The fourth-order valence-electron chi connectivity index (χ4n) is 2.40. The van der Waals surface area contributed by atoms with Crippen molar-refractivity contribution in [2.24, 2.45) is 11.1 Å². The van der Waals surface area contributed by atoms with Gasteiger partial charge < -0.3 is 10.3 Å². The maximum atomic E-state index is 5.96. The first-order valence-corrected chi connectivity index (χ1v) is 6.09. The molecule has 92 valence electrons. The maximum Gasteiger partial charge on any atom is 0.107 e. The molecule has 0 saturated heterocycles. The van der Waals surface area contributed by atoms with Crippen LogP contribution in [-0.4, -0.2) is 16.1 Å². The molecule has 0 aliphatic heterocycles. The van der Waals surface area contributed by atoms with Gasteiger partial charge in [0.15, 0.2) is 0 Å². The number of rotatable bonds is 2. The molecule has 17 heavy (non-hydrogen) atoms. The highest BCUT2D eigenvalue weighted by Gasteiger charge is 2.27. The number of benzene rings is 1. The molecule has 2 N–H and O–H groups in total. The normalized spacial score (nSPS) is 14.2. The molecule has 3 heteroatoms. The third kappa shape index (κ3) is 2.07. The molecule has 0 radical (unpaired) electrons. The van der Waals surface area contributed by atoms with Gasteiger partial charge >= 0.3 is 0 Å². The maximum absolute atomic E-state index is 5.96. The Labute approximate surface area is 103 Å². The molecule has 0 amide bonds. The van der Waals surface area contributed by atoms with Gasteiger partial charge in [0.2, 0.25) is 0 Å². The third-order valence-electron chi connectivity index (χ3n) is 3.31. The highest BCUT2D eigenvalue weighted by atomic mass is 15.1. The average Bonchev–Trinajstić information content (AvgIpc) is 2.55. The van der Waals surface area contributed by atoms with Crippen LogP contribution >= 0.6 is 0 Å². The molecule has 1 heterocycles. The highest BCUT2D eigenvalue weighted by Crippen LogP contribution is 2.33. The van der Waals surface area contributed by atoms with Crippen molar-refractivity contribution in [3.63, 3.8) is 0 Å². The van der Waals surface area contributed by atoms with E-state index in [0.717, 1.165) is 11.3 Å². The molecule has 1 atom stereocenters. The zero-order valence-electron chi connectivity index (χ0n) is 11.1. The minimum Gasteiger partial charge on any atom is -0.328 e. The topological polar surface area (TPSA) is 43.8 Å². The van der Waals surface area contributed by atoms with Crippen molar-refractivity contribution in [3.8, 4) is 0 Å². The standard InChI is InChI=1S/C14H21N3/c1-10-16-11-7-5-6-8-12(11)17(10)13(9-15)14(2,3)4/h5-8,13H,9,15H2,1-4H3. The minimum absolute atomic E-state index is 0.128. The Hall–Kier alpha value is -1.35. The molecule has 1 aromatic heterocycles. The Bertz CT molecular complexity index is 520. The van der Waals surface area contributed by atoms with Gasteiger partial charge in [-0.05, 0) is 24.5 Å². The van der Waals surface area contributed by atoms with E-state index < -0.39 is 0 Å². The zero-order chi connectivity index (χ0) is 12.6. The first kappa shape index (κ1) is 12.1. The van der Waals surface area contributed by atoms with Crippen LogP contribution in [0.25, 0.3) is 11.0 Å². The van der Waals surface area contributed by atoms with Crippen LogP contribution in [0.1, 0.15) is 32.6 Å². The van der Waals surface area contributed by atoms with E-state index in [9.17, 15) is 0 Å². The van der Waals surface area contributed by atoms with E-state index in [1.807, 2.05) is 6.07 Å². The van der Waals surface area contributed by atoms with Crippen LogP contribution in [0, 0.1) is 12.3 Å². The lowest BCUT2D eigenvalue weighted by molar-refractivity contribution is 0.250. The number of imidazole rings is 1.